The van der Waals surface area contributed by atoms with Gasteiger partial charge < -0.3 is 15.7 Å². The van der Waals surface area contributed by atoms with E-state index in [0.717, 1.165) is 5.56 Å². The van der Waals surface area contributed by atoms with Gasteiger partial charge >= 0.3 is 6.18 Å². The van der Waals surface area contributed by atoms with E-state index in [-0.39, 0.29) is 35.9 Å². The summed E-state index contributed by atoms with van der Waals surface area (Å²) in [6.45, 7) is 6.90. The van der Waals surface area contributed by atoms with E-state index in [9.17, 15) is 31.5 Å². The Morgan fingerprint density at radius 1 is 1.25 bits per heavy atom. The molecular formula is C26H37ClF3N5O4S. The molecule has 0 spiro atoms. The zero-order valence-electron chi connectivity index (χ0n) is 23.3. The highest BCUT2D eigenvalue weighted by atomic mass is 35.5. The molecule has 0 aromatic carbocycles. The molecule has 0 saturated heterocycles. The van der Waals surface area contributed by atoms with Gasteiger partial charge in [-0.15, -0.1) is 0 Å². The molecule has 0 unspecified atom stereocenters. The van der Waals surface area contributed by atoms with Crippen molar-refractivity contribution in [1.82, 2.24) is 20.1 Å². The van der Waals surface area contributed by atoms with Crippen LogP contribution in [0.2, 0.25) is 5.02 Å². The van der Waals surface area contributed by atoms with Crippen LogP contribution >= 0.6 is 11.6 Å². The average Bonchev–Trinajstić information content (AvgIpc) is 3.16. The quantitative estimate of drug-likeness (QED) is 0.355. The van der Waals surface area contributed by atoms with E-state index < -0.39 is 44.7 Å². The minimum atomic E-state index is -4.34. The number of aromatic nitrogens is 3. The molecule has 1 amide bonds. The molecule has 40 heavy (non-hydrogen) atoms. The van der Waals surface area contributed by atoms with Gasteiger partial charge in [0.1, 0.15) is 15.7 Å². The highest BCUT2D eigenvalue weighted by Crippen LogP contribution is 2.36. The second kappa shape index (κ2) is 11.8. The third kappa shape index (κ3) is 7.88. The van der Waals surface area contributed by atoms with Crippen LogP contribution in [-0.4, -0.2) is 69.6 Å². The fourth-order valence-corrected chi connectivity index (χ4v) is 6.51. The second-order valence-electron chi connectivity index (χ2n) is 11.1. The largest absolute Gasteiger partial charge is 0.391 e. The van der Waals surface area contributed by atoms with Gasteiger partial charge in [0.15, 0.2) is 5.69 Å². The van der Waals surface area contributed by atoms with Crippen LogP contribution in [0.3, 0.4) is 0 Å². The molecule has 1 aliphatic carbocycles. The molecule has 3 rings (SSSR count). The Balaban J connectivity index is 1.81. The number of hydrogen-bond acceptors (Lipinski definition) is 7. The van der Waals surface area contributed by atoms with Gasteiger partial charge in [-0.25, -0.2) is 13.4 Å². The Kier molecular flexibility index (Phi) is 9.52. The lowest BCUT2D eigenvalue weighted by atomic mass is 9.84. The number of nitrogens with zero attached hydrogens (tertiary/aromatic N) is 3. The van der Waals surface area contributed by atoms with Crippen LogP contribution in [0.25, 0.3) is 11.3 Å². The molecule has 0 atom stereocenters. The fraction of sp³-hybridized carbons (Fsp3) is 0.654. The van der Waals surface area contributed by atoms with Crippen molar-refractivity contribution in [3.63, 3.8) is 0 Å². The molecule has 0 bridgehead atoms. The molecule has 2 aromatic rings. The minimum absolute atomic E-state index is 0.0393. The van der Waals surface area contributed by atoms with Gasteiger partial charge in [0.05, 0.1) is 28.0 Å². The number of alkyl halides is 3. The number of rotatable bonds is 10. The number of aryl methyl sites for hydroxylation is 2. The molecule has 9 nitrogen and oxygen atoms in total. The number of nitrogens with one attached hydrogen (secondary N) is 2. The van der Waals surface area contributed by atoms with Crippen molar-refractivity contribution < 1.29 is 31.5 Å². The summed E-state index contributed by atoms with van der Waals surface area (Å²) in [6, 6.07) is 1.67. The number of hydrogen-bond donors (Lipinski definition) is 3. The van der Waals surface area contributed by atoms with Crippen LogP contribution in [0.5, 0.6) is 0 Å². The Morgan fingerprint density at radius 2 is 1.88 bits per heavy atom. The molecule has 2 aromatic heterocycles. The number of amides is 1. The number of carbonyl (C=O) groups excluding carboxylic acids is 1. The summed E-state index contributed by atoms with van der Waals surface area (Å²) in [6.07, 6.45) is -1.08. The van der Waals surface area contributed by atoms with Gasteiger partial charge in [-0.1, -0.05) is 18.5 Å². The van der Waals surface area contributed by atoms with Gasteiger partial charge in [0.2, 0.25) is 0 Å². The molecule has 1 fully saturated rings. The maximum absolute atomic E-state index is 13.1. The van der Waals surface area contributed by atoms with Crippen LogP contribution in [0.15, 0.2) is 12.3 Å². The highest BCUT2D eigenvalue weighted by molar-refractivity contribution is 7.91. The number of sulfone groups is 1. The van der Waals surface area contributed by atoms with Crippen molar-refractivity contribution in [3.8, 4) is 11.3 Å². The average molecular weight is 608 g/mol. The van der Waals surface area contributed by atoms with E-state index in [0.29, 0.717) is 37.1 Å². The lowest BCUT2D eigenvalue weighted by Crippen LogP contribution is -2.47. The third-order valence-corrected chi connectivity index (χ3v) is 9.23. The van der Waals surface area contributed by atoms with Crippen LogP contribution in [0.4, 0.5) is 19.0 Å². The number of carbonyl (C=O) groups is 1. The van der Waals surface area contributed by atoms with E-state index in [1.807, 2.05) is 13.8 Å². The number of halogens is 4. The predicted octanol–water partition coefficient (Wildman–Crippen LogP) is 4.77. The molecule has 0 radical (unpaired) electrons. The molecule has 1 aliphatic rings. The normalized spacial score (nSPS) is 20.4. The minimum Gasteiger partial charge on any atom is -0.388 e. The first-order valence-corrected chi connectivity index (χ1v) is 15.5. The SMILES string of the molecule is CCc1cc(NC(C)(C)CC(F)(F)F)ncc1-c1c(Cl)c(C(=O)NC[C@]2(O)CC[C@@H](S(C)(=O)=O)CC2)nn1CC. The van der Waals surface area contributed by atoms with Crippen molar-refractivity contribution in [2.75, 3.05) is 18.1 Å². The first-order chi connectivity index (χ1) is 18.4. The smallest absolute Gasteiger partial charge is 0.388 e. The highest BCUT2D eigenvalue weighted by Gasteiger charge is 2.38. The van der Waals surface area contributed by atoms with Crippen molar-refractivity contribution in [1.29, 1.82) is 0 Å². The van der Waals surface area contributed by atoms with Crippen LogP contribution in [-0.2, 0) is 22.8 Å². The Labute approximate surface area is 237 Å². The zero-order valence-corrected chi connectivity index (χ0v) is 24.9. The summed E-state index contributed by atoms with van der Waals surface area (Å²) in [5.41, 5.74) is -0.755. The van der Waals surface area contributed by atoms with Gasteiger partial charge in [-0.2, -0.15) is 18.3 Å². The standard InChI is InChI=1S/C26H37ClF3N5O4S/c1-6-16-12-19(33-24(3,4)14-26(28,29)30)31-13-18(16)22-20(27)21(34-35(22)7-2)23(36)32-15-25(37)10-8-17(9-11-25)40(5,38)39/h12-13,17,37H,6-11,14-15H2,1-5H3,(H,31,33)(H,32,36)/t17-,25+. The van der Waals surface area contributed by atoms with E-state index in [2.05, 4.69) is 20.7 Å². The first kappa shape index (κ1) is 32.1. The fourth-order valence-electron chi connectivity index (χ4n) is 5.10. The maximum Gasteiger partial charge on any atom is 0.391 e. The zero-order chi connectivity index (χ0) is 30.1. The lowest BCUT2D eigenvalue weighted by Gasteiger charge is -2.35. The van der Waals surface area contributed by atoms with Gasteiger partial charge in [0, 0.05) is 36.6 Å². The van der Waals surface area contributed by atoms with Crippen molar-refractivity contribution >= 4 is 33.2 Å². The Bertz CT molecular complexity index is 1340. The summed E-state index contributed by atoms with van der Waals surface area (Å²) in [5, 5.41) is 20.4. The van der Waals surface area contributed by atoms with E-state index in [1.165, 1.54) is 26.3 Å². The van der Waals surface area contributed by atoms with Crippen molar-refractivity contribution in [3.05, 3.63) is 28.5 Å². The monoisotopic (exact) mass is 607 g/mol. The summed E-state index contributed by atoms with van der Waals surface area (Å²) in [7, 11) is -3.20. The second-order valence-corrected chi connectivity index (χ2v) is 13.8. The maximum atomic E-state index is 13.1. The van der Waals surface area contributed by atoms with Crippen molar-refractivity contribution in [2.45, 2.75) is 95.3 Å². The summed E-state index contributed by atoms with van der Waals surface area (Å²) in [5.74, 6) is -0.305. The molecular weight excluding hydrogens is 571 g/mol. The van der Waals surface area contributed by atoms with E-state index >= 15 is 0 Å². The molecule has 224 valence electrons. The molecule has 3 N–H and O–H groups in total. The van der Waals surface area contributed by atoms with E-state index in [4.69, 9.17) is 11.6 Å². The summed E-state index contributed by atoms with van der Waals surface area (Å²) in [4.78, 5) is 17.4. The predicted molar refractivity (Wildman–Crippen MR) is 148 cm³/mol. The van der Waals surface area contributed by atoms with Crippen LogP contribution in [0, 0.1) is 0 Å². The van der Waals surface area contributed by atoms with E-state index in [1.54, 1.807) is 10.7 Å². The molecule has 1 saturated carbocycles. The molecule has 0 aliphatic heterocycles. The Morgan fingerprint density at radius 3 is 2.40 bits per heavy atom. The van der Waals surface area contributed by atoms with Crippen LogP contribution in [0.1, 0.15) is 75.9 Å². The summed E-state index contributed by atoms with van der Waals surface area (Å²) < 4.78 is 64.1. The third-order valence-electron chi connectivity index (χ3n) is 7.19. The molecule has 2 heterocycles. The van der Waals surface area contributed by atoms with Gasteiger partial charge in [-0.3, -0.25) is 9.48 Å². The topological polar surface area (TPSA) is 126 Å². The van der Waals surface area contributed by atoms with Crippen LogP contribution < -0.4 is 10.6 Å². The molecule has 14 heteroatoms. The number of aliphatic hydroxyl groups is 1. The number of pyridine rings is 1. The van der Waals surface area contributed by atoms with Gasteiger partial charge in [-0.05, 0) is 64.5 Å². The number of anilines is 1. The van der Waals surface area contributed by atoms with Gasteiger partial charge in [0.25, 0.3) is 5.91 Å². The lowest BCUT2D eigenvalue weighted by molar-refractivity contribution is -0.142. The first-order valence-electron chi connectivity index (χ1n) is 13.2. The van der Waals surface area contributed by atoms with Crippen molar-refractivity contribution in [2.24, 2.45) is 0 Å². The summed E-state index contributed by atoms with van der Waals surface area (Å²) >= 11 is 6.67. The Hall–Kier alpha value is -2.38.